The summed E-state index contributed by atoms with van der Waals surface area (Å²) in [6.07, 6.45) is -0.548. The fourth-order valence-electron chi connectivity index (χ4n) is 3.98. The highest BCUT2D eigenvalue weighted by Gasteiger charge is 2.34. The van der Waals surface area contributed by atoms with Crippen molar-refractivity contribution < 1.29 is 23.1 Å². The number of hydrogen-bond donors (Lipinski definition) is 2. The van der Waals surface area contributed by atoms with Gasteiger partial charge in [-0.3, -0.25) is 14.5 Å². The monoisotopic (exact) mass is 485 g/mol. The van der Waals surface area contributed by atoms with Crippen molar-refractivity contribution >= 4 is 28.9 Å². The fraction of sp³-hybridized carbons (Fsp3) is 0.0714. The maximum atomic E-state index is 13.5. The molecule has 36 heavy (non-hydrogen) atoms. The summed E-state index contributed by atoms with van der Waals surface area (Å²) < 4.78 is 32.1. The second-order valence-corrected chi connectivity index (χ2v) is 8.16. The van der Waals surface area contributed by atoms with E-state index in [1.54, 1.807) is 53.4 Å². The molecule has 0 radical (unpaired) electrons. The standard InChI is InChI=1S/C28H21F2N3O3/c29-19-7-11-21(12-8-19)31-26(34)17-36-23-15-5-18(6-16-23)27-32-25-4-2-1-3-24(25)28(35)33(27)22-13-9-20(30)10-14-22/h1-16,27,32H,17H2,(H,31,34). The smallest absolute Gasteiger partial charge is 0.262 e. The number of para-hydroxylation sites is 1. The minimum atomic E-state index is -0.548. The number of ether oxygens (including phenoxy) is 1. The van der Waals surface area contributed by atoms with Crippen molar-refractivity contribution in [2.45, 2.75) is 6.17 Å². The van der Waals surface area contributed by atoms with Gasteiger partial charge in [-0.2, -0.15) is 0 Å². The van der Waals surface area contributed by atoms with E-state index in [-0.39, 0.29) is 24.2 Å². The van der Waals surface area contributed by atoms with Crippen LogP contribution in [0.5, 0.6) is 5.75 Å². The maximum Gasteiger partial charge on any atom is 0.262 e. The number of nitrogens with one attached hydrogen (secondary N) is 2. The van der Waals surface area contributed by atoms with Crippen LogP contribution in [0.15, 0.2) is 97.1 Å². The van der Waals surface area contributed by atoms with Crippen LogP contribution in [0.25, 0.3) is 0 Å². The third kappa shape index (κ3) is 4.88. The molecular formula is C28H21F2N3O3. The molecule has 0 bridgehead atoms. The summed E-state index contributed by atoms with van der Waals surface area (Å²) in [5, 5.41) is 6.02. The van der Waals surface area contributed by atoms with Crippen LogP contribution in [-0.4, -0.2) is 18.4 Å². The van der Waals surface area contributed by atoms with Crippen LogP contribution >= 0.6 is 0 Å². The topological polar surface area (TPSA) is 70.7 Å². The third-order valence-electron chi connectivity index (χ3n) is 5.73. The van der Waals surface area contributed by atoms with Crippen LogP contribution in [0.3, 0.4) is 0 Å². The van der Waals surface area contributed by atoms with Crippen LogP contribution < -0.4 is 20.3 Å². The maximum absolute atomic E-state index is 13.5. The largest absolute Gasteiger partial charge is 0.484 e. The lowest BCUT2D eigenvalue weighted by atomic mass is 10.0. The summed E-state index contributed by atoms with van der Waals surface area (Å²) in [6, 6.07) is 25.4. The number of anilines is 3. The van der Waals surface area contributed by atoms with Crippen LogP contribution in [0.4, 0.5) is 25.8 Å². The van der Waals surface area contributed by atoms with E-state index in [1.807, 2.05) is 12.1 Å². The molecule has 4 aromatic rings. The second-order valence-electron chi connectivity index (χ2n) is 8.16. The van der Waals surface area contributed by atoms with Gasteiger partial charge in [0.05, 0.1) is 5.56 Å². The van der Waals surface area contributed by atoms with Gasteiger partial charge in [-0.1, -0.05) is 24.3 Å². The number of halogens is 2. The number of nitrogens with zero attached hydrogens (tertiary/aromatic N) is 1. The van der Waals surface area contributed by atoms with E-state index in [1.165, 1.54) is 36.4 Å². The van der Waals surface area contributed by atoms with Gasteiger partial charge in [-0.15, -0.1) is 0 Å². The van der Waals surface area contributed by atoms with Gasteiger partial charge in [0.15, 0.2) is 6.61 Å². The number of hydrogen-bond acceptors (Lipinski definition) is 4. The molecular weight excluding hydrogens is 464 g/mol. The number of amides is 2. The van der Waals surface area contributed by atoms with Crippen LogP contribution in [-0.2, 0) is 4.79 Å². The van der Waals surface area contributed by atoms with Gasteiger partial charge >= 0.3 is 0 Å². The molecule has 2 amide bonds. The minimum Gasteiger partial charge on any atom is -0.484 e. The zero-order valence-corrected chi connectivity index (χ0v) is 18.9. The average Bonchev–Trinajstić information content (AvgIpc) is 2.90. The molecule has 8 heteroatoms. The average molecular weight is 485 g/mol. The van der Waals surface area contributed by atoms with Crippen molar-refractivity contribution in [3.05, 3.63) is 120 Å². The molecule has 1 aliphatic heterocycles. The molecule has 180 valence electrons. The lowest BCUT2D eigenvalue weighted by Crippen LogP contribution is -2.43. The Hall–Kier alpha value is -4.72. The molecule has 0 fully saturated rings. The summed E-state index contributed by atoms with van der Waals surface area (Å²) in [6.45, 7) is -0.230. The van der Waals surface area contributed by atoms with Gasteiger partial charge < -0.3 is 15.4 Å². The number of rotatable bonds is 6. The van der Waals surface area contributed by atoms with Gasteiger partial charge in [0, 0.05) is 17.1 Å². The van der Waals surface area contributed by atoms with Gasteiger partial charge in [0.2, 0.25) is 0 Å². The second kappa shape index (κ2) is 9.87. The number of carbonyl (C=O) groups excluding carboxylic acids is 2. The molecule has 1 aliphatic rings. The van der Waals surface area contributed by atoms with Crippen molar-refractivity contribution in [1.29, 1.82) is 0 Å². The van der Waals surface area contributed by atoms with Gasteiger partial charge in [-0.25, -0.2) is 8.78 Å². The molecule has 0 spiro atoms. The van der Waals surface area contributed by atoms with Crippen molar-refractivity contribution in [3.8, 4) is 5.75 Å². The highest BCUT2D eigenvalue weighted by molar-refractivity contribution is 6.12. The SMILES string of the molecule is O=C(COc1ccc(C2Nc3ccccc3C(=O)N2c2ccc(F)cc2)cc1)Nc1ccc(F)cc1. The summed E-state index contributed by atoms with van der Waals surface area (Å²) in [7, 11) is 0. The number of carbonyl (C=O) groups is 2. The molecule has 1 atom stereocenters. The van der Waals surface area contributed by atoms with Crippen molar-refractivity contribution in [2.24, 2.45) is 0 Å². The van der Waals surface area contributed by atoms with Crippen LogP contribution in [0.2, 0.25) is 0 Å². The number of fused-ring (bicyclic) bond motifs is 1. The quantitative estimate of drug-likeness (QED) is 0.365. The molecule has 0 aromatic heterocycles. The first-order valence-electron chi connectivity index (χ1n) is 11.2. The zero-order chi connectivity index (χ0) is 25.1. The molecule has 0 aliphatic carbocycles. The first-order chi connectivity index (χ1) is 17.5. The molecule has 0 saturated carbocycles. The lowest BCUT2D eigenvalue weighted by molar-refractivity contribution is -0.118. The van der Waals surface area contributed by atoms with Crippen molar-refractivity contribution in [2.75, 3.05) is 22.1 Å². The predicted molar refractivity (Wildman–Crippen MR) is 133 cm³/mol. The molecule has 0 saturated heterocycles. The van der Waals surface area contributed by atoms with Crippen LogP contribution in [0.1, 0.15) is 22.1 Å². The first-order valence-corrected chi connectivity index (χ1v) is 11.2. The molecule has 6 nitrogen and oxygen atoms in total. The highest BCUT2D eigenvalue weighted by atomic mass is 19.1. The minimum absolute atomic E-state index is 0.209. The van der Waals surface area contributed by atoms with Gasteiger partial charge in [0.1, 0.15) is 23.5 Å². The fourth-order valence-corrected chi connectivity index (χ4v) is 3.98. The van der Waals surface area contributed by atoms with E-state index < -0.39 is 12.0 Å². The van der Waals surface area contributed by atoms with Gasteiger partial charge in [-0.05, 0) is 78.4 Å². The van der Waals surface area contributed by atoms with E-state index in [0.29, 0.717) is 28.4 Å². The van der Waals surface area contributed by atoms with E-state index in [4.69, 9.17) is 4.74 Å². The number of benzene rings is 4. The molecule has 1 heterocycles. The molecule has 5 rings (SSSR count). The summed E-state index contributed by atoms with van der Waals surface area (Å²) in [4.78, 5) is 27.1. The van der Waals surface area contributed by atoms with Crippen molar-refractivity contribution in [3.63, 3.8) is 0 Å². The molecule has 1 unspecified atom stereocenters. The lowest BCUT2D eigenvalue weighted by Gasteiger charge is -2.38. The summed E-state index contributed by atoms with van der Waals surface area (Å²) in [5.41, 5.74) is 3.00. The Morgan fingerprint density at radius 2 is 1.50 bits per heavy atom. The highest BCUT2D eigenvalue weighted by Crippen LogP contribution is 2.37. The van der Waals surface area contributed by atoms with Crippen molar-refractivity contribution in [1.82, 2.24) is 0 Å². The normalized spacial score (nSPS) is 14.6. The van der Waals surface area contributed by atoms with Crippen LogP contribution in [0, 0.1) is 11.6 Å². The Morgan fingerprint density at radius 1 is 0.861 bits per heavy atom. The van der Waals surface area contributed by atoms with E-state index >= 15 is 0 Å². The third-order valence-corrected chi connectivity index (χ3v) is 5.73. The molecule has 2 N–H and O–H groups in total. The van der Waals surface area contributed by atoms with E-state index in [0.717, 1.165) is 5.56 Å². The first kappa shape index (κ1) is 23.0. The molecule has 4 aromatic carbocycles. The van der Waals surface area contributed by atoms with E-state index in [2.05, 4.69) is 10.6 Å². The Kier molecular flexibility index (Phi) is 6.32. The van der Waals surface area contributed by atoms with E-state index in [9.17, 15) is 18.4 Å². The zero-order valence-electron chi connectivity index (χ0n) is 18.9. The summed E-state index contributed by atoms with van der Waals surface area (Å²) in [5.74, 6) is -0.912. The Labute approximate surface area is 206 Å². The Morgan fingerprint density at radius 3 is 2.19 bits per heavy atom. The Balaban J connectivity index is 1.33. The summed E-state index contributed by atoms with van der Waals surface area (Å²) >= 11 is 0. The van der Waals surface area contributed by atoms with Gasteiger partial charge in [0.25, 0.3) is 11.8 Å². The Bertz CT molecular complexity index is 1390. The predicted octanol–water partition coefficient (Wildman–Crippen LogP) is 5.75.